The molecule has 1 heterocycles. The molecule has 1 saturated heterocycles. The summed E-state index contributed by atoms with van der Waals surface area (Å²) in [5, 5.41) is 10.3. The molecule has 3 rings (SSSR count). The number of rotatable bonds is 6. The summed E-state index contributed by atoms with van der Waals surface area (Å²) in [5.41, 5.74) is 3.07. The molecule has 1 aliphatic rings. The van der Waals surface area contributed by atoms with Crippen molar-refractivity contribution < 1.29 is 14.2 Å². The van der Waals surface area contributed by atoms with Crippen LogP contribution >= 0.6 is 0 Å². The van der Waals surface area contributed by atoms with Crippen molar-refractivity contribution in [2.45, 2.75) is 20.0 Å². The van der Waals surface area contributed by atoms with Gasteiger partial charge >= 0.3 is 0 Å². The van der Waals surface area contributed by atoms with Gasteiger partial charge in [-0.3, -0.25) is 4.90 Å². The summed E-state index contributed by atoms with van der Waals surface area (Å²) in [6.45, 7) is 8.07. The van der Waals surface area contributed by atoms with Gasteiger partial charge in [-0.1, -0.05) is 18.2 Å². The fourth-order valence-electron chi connectivity index (χ4n) is 3.23. The van der Waals surface area contributed by atoms with Crippen LogP contribution in [0.1, 0.15) is 11.1 Å². The van der Waals surface area contributed by atoms with Gasteiger partial charge < -0.3 is 14.7 Å². The Morgan fingerprint density at radius 3 is 2.46 bits per heavy atom. The van der Waals surface area contributed by atoms with Crippen LogP contribution in [0.25, 0.3) is 0 Å². The molecular formula is C21H27FN2O2. The quantitative estimate of drug-likeness (QED) is 0.861. The number of nitrogens with zero attached hydrogens (tertiary/aromatic N) is 2. The summed E-state index contributed by atoms with van der Waals surface area (Å²) in [5.74, 6) is 0.610. The molecule has 1 unspecified atom stereocenters. The number of hydrogen-bond donors (Lipinski definition) is 1. The zero-order valence-electron chi connectivity index (χ0n) is 15.5. The second-order valence-electron chi connectivity index (χ2n) is 6.95. The number of aliphatic hydroxyl groups is 1. The van der Waals surface area contributed by atoms with Crippen molar-refractivity contribution in [3.8, 4) is 5.75 Å². The maximum Gasteiger partial charge on any atom is 0.146 e. The van der Waals surface area contributed by atoms with Gasteiger partial charge in [0.25, 0.3) is 0 Å². The predicted octanol–water partition coefficient (Wildman–Crippen LogP) is 3.00. The van der Waals surface area contributed by atoms with Crippen LogP contribution in [0.15, 0.2) is 42.5 Å². The molecule has 2 aromatic rings. The van der Waals surface area contributed by atoms with E-state index in [1.807, 2.05) is 37.3 Å². The molecule has 1 aliphatic heterocycles. The van der Waals surface area contributed by atoms with Crippen LogP contribution in [0.2, 0.25) is 0 Å². The SMILES string of the molecule is Cc1ccc(OCC(O)CN2CCN(c3ccccc3F)CC2)cc1C. The van der Waals surface area contributed by atoms with Crippen molar-refractivity contribution in [2.75, 3.05) is 44.2 Å². The predicted molar refractivity (Wildman–Crippen MR) is 102 cm³/mol. The highest BCUT2D eigenvalue weighted by atomic mass is 19.1. The van der Waals surface area contributed by atoms with Crippen molar-refractivity contribution in [2.24, 2.45) is 0 Å². The number of anilines is 1. The number of β-amino-alcohol motifs (C(OH)–C–C–N with tert-alkyl or cyclic N) is 1. The second-order valence-corrected chi connectivity index (χ2v) is 6.95. The molecule has 4 nitrogen and oxygen atoms in total. The fraction of sp³-hybridized carbons (Fsp3) is 0.429. The molecule has 1 atom stereocenters. The zero-order chi connectivity index (χ0) is 18.5. The lowest BCUT2D eigenvalue weighted by atomic mass is 10.1. The highest BCUT2D eigenvalue weighted by Crippen LogP contribution is 2.20. The van der Waals surface area contributed by atoms with Crippen molar-refractivity contribution >= 4 is 5.69 Å². The summed E-state index contributed by atoms with van der Waals surface area (Å²) < 4.78 is 19.6. The summed E-state index contributed by atoms with van der Waals surface area (Å²) in [4.78, 5) is 4.26. The Bertz CT molecular complexity index is 730. The van der Waals surface area contributed by atoms with Crippen LogP contribution in [-0.2, 0) is 0 Å². The third-order valence-electron chi connectivity index (χ3n) is 4.96. The number of ether oxygens (including phenoxy) is 1. The minimum absolute atomic E-state index is 0.178. The molecule has 2 aromatic carbocycles. The van der Waals surface area contributed by atoms with E-state index < -0.39 is 6.10 Å². The average molecular weight is 358 g/mol. The van der Waals surface area contributed by atoms with Crippen LogP contribution < -0.4 is 9.64 Å². The lowest BCUT2D eigenvalue weighted by Gasteiger charge is -2.36. The van der Waals surface area contributed by atoms with Gasteiger partial charge in [0.05, 0.1) is 5.69 Å². The Hall–Kier alpha value is -2.11. The van der Waals surface area contributed by atoms with Crippen LogP contribution in [0.4, 0.5) is 10.1 Å². The van der Waals surface area contributed by atoms with E-state index in [0.717, 1.165) is 31.9 Å². The van der Waals surface area contributed by atoms with Gasteiger partial charge in [0.15, 0.2) is 0 Å². The number of halogens is 1. The minimum Gasteiger partial charge on any atom is -0.491 e. The van der Waals surface area contributed by atoms with Gasteiger partial charge in [-0.15, -0.1) is 0 Å². The van der Waals surface area contributed by atoms with E-state index in [1.165, 1.54) is 17.2 Å². The lowest BCUT2D eigenvalue weighted by Crippen LogP contribution is -2.49. The molecule has 0 radical (unpaired) electrons. The zero-order valence-corrected chi connectivity index (χ0v) is 15.5. The Balaban J connectivity index is 1.44. The topological polar surface area (TPSA) is 35.9 Å². The first-order chi connectivity index (χ1) is 12.5. The molecule has 0 aliphatic carbocycles. The van der Waals surface area contributed by atoms with Crippen molar-refractivity contribution in [3.05, 3.63) is 59.4 Å². The number of benzene rings is 2. The van der Waals surface area contributed by atoms with E-state index in [1.54, 1.807) is 6.07 Å². The summed E-state index contributed by atoms with van der Waals surface area (Å²) in [7, 11) is 0. The van der Waals surface area contributed by atoms with Gasteiger partial charge in [0, 0.05) is 32.7 Å². The third kappa shape index (κ3) is 4.74. The number of aliphatic hydroxyl groups excluding tert-OH is 1. The summed E-state index contributed by atoms with van der Waals surface area (Å²) >= 11 is 0. The highest BCUT2D eigenvalue weighted by molar-refractivity contribution is 5.48. The van der Waals surface area contributed by atoms with Crippen LogP contribution in [0.3, 0.4) is 0 Å². The van der Waals surface area contributed by atoms with Gasteiger partial charge in [-0.2, -0.15) is 0 Å². The molecule has 0 aromatic heterocycles. The lowest BCUT2D eigenvalue weighted by molar-refractivity contribution is 0.0662. The van der Waals surface area contributed by atoms with Gasteiger partial charge in [0.1, 0.15) is 24.3 Å². The van der Waals surface area contributed by atoms with Crippen molar-refractivity contribution in [3.63, 3.8) is 0 Å². The standard InChI is InChI=1S/C21H27FN2O2/c1-16-7-8-19(13-17(16)2)26-15-18(25)14-23-9-11-24(12-10-23)21-6-4-3-5-20(21)22/h3-8,13,18,25H,9-12,14-15H2,1-2H3. The first kappa shape index (κ1) is 18.7. The smallest absolute Gasteiger partial charge is 0.146 e. The first-order valence-corrected chi connectivity index (χ1v) is 9.13. The Kier molecular flexibility index (Phi) is 6.12. The van der Waals surface area contributed by atoms with Crippen molar-refractivity contribution in [1.29, 1.82) is 0 Å². The largest absolute Gasteiger partial charge is 0.491 e. The van der Waals surface area contributed by atoms with Gasteiger partial charge in [-0.05, 0) is 49.2 Å². The Morgan fingerprint density at radius 2 is 1.77 bits per heavy atom. The van der Waals surface area contributed by atoms with Gasteiger partial charge in [-0.25, -0.2) is 4.39 Å². The molecule has 1 fully saturated rings. The van der Waals surface area contributed by atoms with Crippen LogP contribution in [0, 0.1) is 19.7 Å². The van der Waals surface area contributed by atoms with E-state index >= 15 is 0 Å². The van der Waals surface area contributed by atoms with E-state index in [-0.39, 0.29) is 12.4 Å². The molecule has 0 bridgehead atoms. The maximum atomic E-state index is 13.9. The molecule has 0 amide bonds. The number of para-hydroxylation sites is 1. The normalized spacial score (nSPS) is 16.5. The maximum absolute atomic E-state index is 13.9. The molecule has 140 valence electrons. The molecular weight excluding hydrogens is 331 g/mol. The molecule has 5 heteroatoms. The molecule has 26 heavy (non-hydrogen) atoms. The molecule has 0 spiro atoms. The van der Waals surface area contributed by atoms with Gasteiger partial charge in [0.2, 0.25) is 0 Å². The Labute approximate surface area is 154 Å². The minimum atomic E-state index is -0.545. The average Bonchev–Trinajstić information content (AvgIpc) is 2.64. The molecule has 1 N–H and O–H groups in total. The van der Waals surface area contributed by atoms with Crippen molar-refractivity contribution in [1.82, 2.24) is 4.90 Å². The first-order valence-electron chi connectivity index (χ1n) is 9.13. The Morgan fingerprint density at radius 1 is 1.04 bits per heavy atom. The monoisotopic (exact) mass is 358 g/mol. The van der Waals surface area contributed by atoms with E-state index in [4.69, 9.17) is 4.74 Å². The van der Waals surface area contributed by atoms with E-state index in [0.29, 0.717) is 12.2 Å². The van der Waals surface area contributed by atoms with E-state index in [2.05, 4.69) is 16.7 Å². The summed E-state index contributed by atoms with van der Waals surface area (Å²) in [6, 6.07) is 12.8. The second kappa shape index (κ2) is 8.52. The highest BCUT2D eigenvalue weighted by Gasteiger charge is 2.21. The number of hydrogen-bond acceptors (Lipinski definition) is 4. The third-order valence-corrected chi connectivity index (χ3v) is 4.96. The number of piperazine rings is 1. The van der Waals surface area contributed by atoms with Crippen LogP contribution in [-0.4, -0.2) is 55.4 Å². The summed E-state index contributed by atoms with van der Waals surface area (Å²) in [6.07, 6.45) is -0.545. The number of aryl methyl sites for hydroxylation is 2. The van der Waals surface area contributed by atoms with E-state index in [9.17, 15) is 9.50 Å². The van der Waals surface area contributed by atoms with Crippen LogP contribution in [0.5, 0.6) is 5.75 Å². The molecule has 0 saturated carbocycles. The fourth-order valence-corrected chi connectivity index (χ4v) is 3.23.